The summed E-state index contributed by atoms with van der Waals surface area (Å²) < 4.78 is 56.4. The van der Waals surface area contributed by atoms with E-state index in [1.54, 1.807) is 4.31 Å². The third-order valence-corrected chi connectivity index (χ3v) is 5.59. The van der Waals surface area contributed by atoms with Gasteiger partial charge in [0.05, 0.1) is 11.9 Å². The van der Waals surface area contributed by atoms with Gasteiger partial charge in [-0.05, 0) is 24.0 Å². The normalized spacial score (nSPS) is 24.0. The van der Waals surface area contributed by atoms with Crippen LogP contribution < -0.4 is 0 Å². The zero-order valence-corrected chi connectivity index (χ0v) is 14.9. The summed E-state index contributed by atoms with van der Waals surface area (Å²) in [4.78, 5) is 15.6. The zero-order chi connectivity index (χ0) is 19.5. The first-order valence-corrected chi connectivity index (χ1v) is 9.69. The van der Waals surface area contributed by atoms with Gasteiger partial charge >= 0.3 is 12.1 Å². The topological polar surface area (TPSA) is 90.8 Å². The van der Waals surface area contributed by atoms with Crippen LogP contribution in [0.2, 0.25) is 0 Å². The lowest BCUT2D eigenvalue weighted by atomic mass is 10.0. The molecule has 2 unspecified atom stereocenters. The Morgan fingerprint density at radius 3 is 2.15 bits per heavy atom. The number of likely N-dealkylation sites (tertiary alicyclic amines) is 1. The third-order valence-electron chi connectivity index (χ3n) is 4.35. The Balaban J connectivity index is 0.000000298. The van der Waals surface area contributed by atoms with E-state index in [1.807, 2.05) is 24.4 Å². The van der Waals surface area contributed by atoms with E-state index in [0.717, 1.165) is 25.3 Å². The average molecular weight is 395 g/mol. The first-order chi connectivity index (χ1) is 12.0. The molecule has 0 bridgehead atoms. The molecule has 2 aliphatic heterocycles. The lowest BCUT2D eigenvalue weighted by Crippen LogP contribution is -2.32. The van der Waals surface area contributed by atoms with Crippen LogP contribution in [-0.4, -0.2) is 72.3 Å². The summed E-state index contributed by atoms with van der Waals surface area (Å²) in [5.74, 6) is -1.79. The molecule has 0 radical (unpaired) electrons. The van der Waals surface area contributed by atoms with Gasteiger partial charge in [0.2, 0.25) is 10.0 Å². The lowest BCUT2D eigenvalue weighted by Gasteiger charge is -2.19. The summed E-state index contributed by atoms with van der Waals surface area (Å²) in [6.07, 6.45) is -1.96. The molecule has 1 aromatic rings. The van der Waals surface area contributed by atoms with Gasteiger partial charge in [-0.1, -0.05) is 6.07 Å². The number of aliphatic carboxylic acids is 1. The monoisotopic (exact) mass is 395 g/mol. The molecule has 0 saturated carbocycles. The Morgan fingerprint density at radius 1 is 1.23 bits per heavy atom. The fraction of sp³-hybridized carbons (Fsp3) is 0.600. The third kappa shape index (κ3) is 5.64. The summed E-state index contributed by atoms with van der Waals surface area (Å²) >= 11 is 0. The SMILES string of the molecule is CS(=O)(=O)N1CC2CN(Cc3ccccn3)CC2C1.O=C(O)C(F)(F)F. The van der Waals surface area contributed by atoms with Crippen molar-refractivity contribution in [3.05, 3.63) is 30.1 Å². The van der Waals surface area contributed by atoms with Gasteiger partial charge in [-0.15, -0.1) is 0 Å². The maximum atomic E-state index is 11.5. The molecule has 1 aromatic heterocycles. The van der Waals surface area contributed by atoms with E-state index in [9.17, 15) is 21.6 Å². The van der Waals surface area contributed by atoms with E-state index >= 15 is 0 Å². The molecule has 1 N–H and O–H groups in total. The van der Waals surface area contributed by atoms with Crippen LogP contribution in [0, 0.1) is 11.8 Å². The average Bonchev–Trinajstić information content (AvgIpc) is 3.06. The predicted molar refractivity (Wildman–Crippen MR) is 86.6 cm³/mol. The van der Waals surface area contributed by atoms with Crippen LogP contribution in [-0.2, 0) is 21.4 Å². The van der Waals surface area contributed by atoms with Crippen LogP contribution in [0.15, 0.2) is 24.4 Å². The van der Waals surface area contributed by atoms with Gasteiger partial charge < -0.3 is 5.11 Å². The molecule has 0 aromatic carbocycles. The molecule has 146 valence electrons. The molecule has 2 aliphatic rings. The Hall–Kier alpha value is -1.72. The molecule has 7 nitrogen and oxygen atoms in total. The number of pyridine rings is 1. The largest absolute Gasteiger partial charge is 0.490 e. The standard InChI is InChI=1S/C13H19N3O2S.C2HF3O2/c1-19(17,18)16-8-11-6-15(7-12(11)9-16)10-13-4-2-3-5-14-13;3-2(4,5)1(6)7/h2-5,11-12H,6-10H2,1H3;(H,6,7). The number of carboxylic acids is 1. The van der Waals surface area contributed by atoms with Gasteiger partial charge in [0.15, 0.2) is 0 Å². The van der Waals surface area contributed by atoms with Gasteiger partial charge in [0.1, 0.15) is 0 Å². The number of hydrogen-bond donors (Lipinski definition) is 1. The van der Waals surface area contributed by atoms with Crippen molar-refractivity contribution in [2.24, 2.45) is 11.8 Å². The number of alkyl halides is 3. The second kappa shape index (κ2) is 7.89. The maximum Gasteiger partial charge on any atom is 0.490 e. The summed E-state index contributed by atoms with van der Waals surface area (Å²) in [7, 11) is -3.02. The van der Waals surface area contributed by atoms with Crippen molar-refractivity contribution in [2.45, 2.75) is 12.7 Å². The molecule has 2 atom stereocenters. The number of aromatic nitrogens is 1. The van der Waals surface area contributed by atoms with Crippen molar-refractivity contribution < 1.29 is 31.5 Å². The first-order valence-electron chi connectivity index (χ1n) is 7.84. The molecule has 0 aliphatic carbocycles. The number of hydrogen-bond acceptors (Lipinski definition) is 5. The number of nitrogens with zero attached hydrogens (tertiary/aromatic N) is 3. The van der Waals surface area contributed by atoms with E-state index < -0.39 is 22.2 Å². The first kappa shape index (κ1) is 20.6. The summed E-state index contributed by atoms with van der Waals surface area (Å²) in [6.45, 7) is 4.19. The van der Waals surface area contributed by atoms with Crippen molar-refractivity contribution in [1.82, 2.24) is 14.2 Å². The molecule has 2 fully saturated rings. The molecular formula is C15H20F3N3O4S. The van der Waals surface area contributed by atoms with Gasteiger partial charge in [0.25, 0.3) is 0 Å². The van der Waals surface area contributed by atoms with Gasteiger partial charge in [-0.25, -0.2) is 17.5 Å². The predicted octanol–water partition coefficient (Wildman–Crippen LogP) is 1.04. The highest BCUT2D eigenvalue weighted by atomic mass is 32.2. The molecular weight excluding hydrogens is 375 g/mol. The highest BCUT2D eigenvalue weighted by molar-refractivity contribution is 7.88. The van der Waals surface area contributed by atoms with Crippen LogP contribution >= 0.6 is 0 Å². The second-order valence-corrected chi connectivity index (χ2v) is 8.40. The van der Waals surface area contributed by atoms with E-state index in [4.69, 9.17) is 9.90 Å². The highest BCUT2D eigenvalue weighted by Crippen LogP contribution is 2.32. The summed E-state index contributed by atoms with van der Waals surface area (Å²) in [6, 6.07) is 5.97. The van der Waals surface area contributed by atoms with E-state index in [1.165, 1.54) is 6.26 Å². The van der Waals surface area contributed by atoms with E-state index in [0.29, 0.717) is 24.9 Å². The minimum atomic E-state index is -5.08. The van der Waals surface area contributed by atoms with Crippen molar-refractivity contribution in [3.63, 3.8) is 0 Å². The molecule has 26 heavy (non-hydrogen) atoms. The number of halogens is 3. The molecule has 0 spiro atoms. The van der Waals surface area contributed by atoms with Gasteiger partial charge in [-0.2, -0.15) is 13.2 Å². The Labute approximate surface area is 149 Å². The van der Waals surface area contributed by atoms with Crippen LogP contribution in [0.1, 0.15) is 5.69 Å². The number of rotatable bonds is 3. The maximum absolute atomic E-state index is 11.5. The molecule has 11 heteroatoms. The van der Waals surface area contributed by atoms with Gasteiger partial charge in [-0.3, -0.25) is 9.88 Å². The Morgan fingerprint density at radius 2 is 1.77 bits per heavy atom. The van der Waals surface area contributed by atoms with Crippen LogP contribution in [0.25, 0.3) is 0 Å². The molecule has 2 saturated heterocycles. The van der Waals surface area contributed by atoms with Crippen molar-refractivity contribution in [3.8, 4) is 0 Å². The van der Waals surface area contributed by atoms with E-state index in [-0.39, 0.29) is 0 Å². The molecule has 0 amide bonds. The van der Waals surface area contributed by atoms with E-state index in [2.05, 4.69) is 9.88 Å². The van der Waals surface area contributed by atoms with Crippen LogP contribution in [0.5, 0.6) is 0 Å². The van der Waals surface area contributed by atoms with Crippen LogP contribution in [0.3, 0.4) is 0 Å². The minimum absolute atomic E-state index is 0.485. The fourth-order valence-corrected chi connectivity index (χ4v) is 4.09. The fourth-order valence-electron chi connectivity index (χ4n) is 3.17. The Bertz CT molecular complexity index is 713. The van der Waals surface area contributed by atoms with Crippen molar-refractivity contribution >= 4 is 16.0 Å². The number of sulfonamides is 1. The number of carbonyl (C=O) groups is 1. The lowest BCUT2D eigenvalue weighted by molar-refractivity contribution is -0.192. The van der Waals surface area contributed by atoms with Gasteiger partial charge in [0, 0.05) is 38.9 Å². The minimum Gasteiger partial charge on any atom is -0.475 e. The smallest absolute Gasteiger partial charge is 0.475 e. The Kier molecular flexibility index (Phi) is 6.25. The van der Waals surface area contributed by atoms with Crippen molar-refractivity contribution in [2.75, 3.05) is 32.4 Å². The summed E-state index contributed by atoms with van der Waals surface area (Å²) in [5, 5.41) is 7.12. The zero-order valence-electron chi connectivity index (χ0n) is 14.1. The summed E-state index contributed by atoms with van der Waals surface area (Å²) in [5.41, 5.74) is 1.09. The molecule has 3 heterocycles. The quantitative estimate of drug-likeness (QED) is 0.822. The number of carboxylic acid groups (broad SMARTS) is 1. The highest BCUT2D eigenvalue weighted by Gasteiger charge is 2.42. The number of fused-ring (bicyclic) bond motifs is 1. The second-order valence-electron chi connectivity index (χ2n) is 6.42. The molecule has 3 rings (SSSR count). The van der Waals surface area contributed by atoms with Crippen LogP contribution in [0.4, 0.5) is 13.2 Å². The van der Waals surface area contributed by atoms with Crippen molar-refractivity contribution in [1.29, 1.82) is 0 Å².